The highest BCUT2D eigenvalue weighted by molar-refractivity contribution is 5.76. The zero-order valence-electron chi connectivity index (χ0n) is 9.29. The first-order valence-corrected chi connectivity index (χ1v) is 5.51. The molecule has 2 heterocycles. The van der Waals surface area contributed by atoms with E-state index in [0.717, 1.165) is 6.42 Å². The Kier molecular flexibility index (Phi) is 3.01. The van der Waals surface area contributed by atoms with Gasteiger partial charge >= 0.3 is 6.03 Å². The van der Waals surface area contributed by atoms with Crippen molar-refractivity contribution in [2.75, 3.05) is 32.8 Å². The van der Waals surface area contributed by atoms with Gasteiger partial charge in [-0.25, -0.2) is 13.6 Å². The molecule has 16 heavy (non-hydrogen) atoms. The predicted molar refractivity (Wildman–Crippen MR) is 53.5 cm³/mol. The van der Waals surface area contributed by atoms with Crippen molar-refractivity contribution in [3.63, 3.8) is 0 Å². The molecule has 0 aromatic rings. The van der Waals surface area contributed by atoms with Gasteiger partial charge in [-0.2, -0.15) is 0 Å². The normalized spacial score (nSPS) is 24.1. The number of halogens is 2. The van der Waals surface area contributed by atoms with E-state index in [-0.39, 0.29) is 11.6 Å². The van der Waals surface area contributed by atoms with Crippen molar-refractivity contribution in [3.8, 4) is 0 Å². The van der Waals surface area contributed by atoms with E-state index in [2.05, 4.69) is 0 Å². The topological polar surface area (TPSA) is 32.8 Å². The van der Waals surface area contributed by atoms with Gasteiger partial charge < -0.3 is 14.5 Å². The highest BCUT2D eigenvalue weighted by Crippen LogP contribution is 2.33. The van der Waals surface area contributed by atoms with Crippen LogP contribution >= 0.6 is 0 Å². The molecule has 0 aliphatic carbocycles. The van der Waals surface area contributed by atoms with Gasteiger partial charge in [0, 0.05) is 13.1 Å². The summed E-state index contributed by atoms with van der Waals surface area (Å²) in [6.45, 7) is 3.42. The Hall–Kier alpha value is -0.910. The fraction of sp³-hybridized carbons (Fsp3) is 0.900. The summed E-state index contributed by atoms with van der Waals surface area (Å²) in [6, 6.07) is -0.280. The number of carbonyl (C=O) groups is 1. The monoisotopic (exact) mass is 234 g/mol. The van der Waals surface area contributed by atoms with Crippen LogP contribution in [0.3, 0.4) is 0 Å². The minimum atomic E-state index is -2.46. The van der Waals surface area contributed by atoms with E-state index >= 15 is 0 Å². The van der Waals surface area contributed by atoms with Crippen molar-refractivity contribution in [2.45, 2.75) is 25.3 Å². The van der Waals surface area contributed by atoms with Crippen LogP contribution in [0.5, 0.6) is 0 Å². The van der Waals surface area contributed by atoms with Gasteiger partial charge in [0.2, 0.25) is 0 Å². The zero-order valence-corrected chi connectivity index (χ0v) is 9.29. The Balaban J connectivity index is 2.06. The van der Waals surface area contributed by atoms with Crippen LogP contribution in [0.4, 0.5) is 13.6 Å². The lowest BCUT2D eigenvalue weighted by Crippen LogP contribution is -2.70. The summed E-state index contributed by atoms with van der Waals surface area (Å²) in [6.07, 6.45) is -1.74. The van der Waals surface area contributed by atoms with E-state index in [9.17, 15) is 13.6 Å². The van der Waals surface area contributed by atoms with Crippen molar-refractivity contribution >= 4 is 6.03 Å². The highest BCUT2D eigenvalue weighted by atomic mass is 19.3. The van der Waals surface area contributed by atoms with E-state index in [0.29, 0.717) is 26.3 Å². The molecular formula is C10H16F2N2O2. The van der Waals surface area contributed by atoms with Crippen molar-refractivity contribution < 1.29 is 18.3 Å². The highest BCUT2D eigenvalue weighted by Gasteiger charge is 2.50. The lowest BCUT2D eigenvalue weighted by atomic mass is 9.88. The second-order valence-corrected chi connectivity index (χ2v) is 4.33. The van der Waals surface area contributed by atoms with Crippen LogP contribution in [0.25, 0.3) is 0 Å². The molecule has 4 nitrogen and oxygen atoms in total. The molecule has 0 N–H and O–H groups in total. The third-order valence-electron chi connectivity index (χ3n) is 3.34. The average Bonchev–Trinajstić information content (AvgIpc) is 2.17. The molecule has 0 saturated carbocycles. The van der Waals surface area contributed by atoms with Gasteiger partial charge in [-0.15, -0.1) is 0 Å². The minimum absolute atomic E-state index is 0.218. The molecule has 0 unspecified atom stereocenters. The molecule has 0 aromatic carbocycles. The van der Waals surface area contributed by atoms with Crippen LogP contribution in [-0.2, 0) is 4.74 Å². The van der Waals surface area contributed by atoms with E-state index in [4.69, 9.17) is 4.74 Å². The number of nitrogens with zero attached hydrogens (tertiary/aromatic N) is 2. The first-order valence-electron chi connectivity index (χ1n) is 5.51. The molecule has 2 fully saturated rings. The molecule has 2 amide bonds. The second kappa shape index (κ2) is 4.16. The number of rotatable bonds is 3. The number of ether oxygens (including phenoxy) is 1. The summed E-state index contributed by atoms with van der Waals surface area (Å²) in [5, 5.41) is 0. The molecule has 6 heteroatoms. The summed E-state index contributed by atoms with van der Waals surface area (Å²) < 4.78 is 29.7. The fourth-order valence-corrected chi connectivity index (χ4v) is 2.39. The SMILES string of the molecule is CCN1C(=O)N(CC(F)F)CCC12COC2. The Labute approximate surface area is 93.1 Å². The van der Waals surface area contributed by atoms with Crippen molar-refractivity contribution in [1.29, 1.82) is 0 Å². The zero-order chi connectivity index (χ0) is 11.8. The third kappa shape index (κ3) is 1.75. The number of amides is 2. The van der Waals surface area contributed by atoms with Crippen LogP contribution in [0.2, 0.25) is 0 Å². The molecule has 2 aliphatic heterocycles. The largest absolute Gasteiger partial charge is 0.376 e. The van der Waals surface area contributed by atoms with E-state index in [1.165, 1.54) is 4.90 Å². The fourth-order valence-electron chi connectivity index (χ4n) is 2.39. The lowest BCUT2D eigenvalue weighted by molar-refractivity contribution is -0.143. The quantitative estimate of drug-likeness (QED) is 0.734. The van der Waals surface area contributed by atoms with Crippen molar-refractivity contribution in [3.05, 3.63) is 0 Å². The number of carbonyl (C=O) groups excluding carboxylic acids is 1. The van der Waals surface area contributed by atoms with Gasteiger partial charge in [0.25, 0.3) is 6.43 Å². The molecule has 0 atom stereocenters. The molecule has 0 aromatic heterocycles. The maximum atomic E-state index is 12.3. The number of urea groups is 1. The Morgan fingerprint density at radius 2 is 2.19 bits per heavy atom. The van der Waals surface area contributed by atoms with Gasteiger partial charge in [-0.1, -0.05) is 0 Å². The molecule has 2 rings (SSSR count). The minimum Gasteiger partial charge on any atom is -0.376 e. The molecule has 0 radical (unpaired) electrons. The molecule has 0 bridgehead atoms. The smallest absolute Gasteiger partial charge is 0.320 e. The summed E-state index contributed by atoms with van der Waals surface area (Å²) in [4.78, 5) is 14.9. The number of hydrogen-bond donors (Lipinski definition) is 0. The Bertz CT molecular complexity index is 282. The van der Waals surface area contributed by atoms with Crippen LogP contribution in [0.1, 0.15) is 13.3 Å². The maximum absolute atomic E-state index is 12.3. The molecule has 92 valence electrons. The van der Waals surface area contributed by atoms with Crippen molar-refractivity contribution in [1.82, 2.24) is 9.80 Å². The van der Waals surface area contributed by atoms with Gasteiger partial charge in [0.15, 0.2) is 0 Å². The Morgan fingerprint density at radius 1 is 1.50 bits per heavy atom. The maximum Gasteiger partial charge on any atom is 0.320 e. The second-order valence-electron chi connectivity index (χ2n) is 4.33. The predicted octanol–water partition coefficient (Wildman–Crippen LogP) is 1.17. The average molecular weight is 234 g/mol. The molecular weight excluding hydrogens is 218 g/mol. The molecule has 1 spiro atoms. The van der Waals surface area contributed by atoms with Gasteiger partial charge in [-0.3, -0.25) is 0 Å². The number of alkyl halides is 2. The van der Waals surface area contributed by atoms with Crippen LogP contribution in [-0.4, -0.2) is 60.6 Å². The van der Waals surface area contributed by atoms with Crippen LogP contribution < -0.4 is 0 Å². The van der Waals surface area contributed by atoms with Gasteiger partial charge in [0.05, 0.1) is 25.3 Å². The first-order chi connectivity index (χ1) is 7.59. The summed E-state index contributed by atoms with van der Waals surface area (Å²) >= 11 is 0. The number of likely N-dealkylation sites (N-methyl/N-ethyl adjacent to an activating group) is 1. The summed E-state index contributed by atoms with van der Waals surface area (Å²) in [5.41, 5.74) is -0.218. The summed E-state index contributed by atoms with van der Waals surface area (Å²) in [7, 11) is 0. The third-order valence-corrected chi connectivity index (χ3v) is 3.34. The lowest BCUT2D eigenvalue weighted by Gasteiger charge is -2.54. The standard InChI is InChI=1S/C10H16F2N2O2/c1-2-14-9(15)13(5-8(11)12)4-3-10(14)6-16-7-10/h8H,2-7H2,1H3. The van der Waals surface area contributed by atoms with Gasteiger partial charge in [0.1, 0.15) is 0 Å². The summed E-state index contributed by atoms with van der Waals surface area (Å²) in [5.74, 6) is 0. The van der Waals surface area contributed by atoms with Crippen molar-refractivity contribution in [2.24, 2.45) is 0 Å². The number of hydrogen-bond acceptors (Lipinski definition) is 2. The van der Waals surface area contributed by atoms with E-state index in [1.807, 2.05) is 6.92 Å². The first kappa shape index (κ1) is 11.6. The molecule has 2 aliphatic rings. The van der Waals surface area contributed by atoms with E-state index < -0.39 is 13.0 Å². The molecule has 2 saturated heterocycles. The Morgan fingerprint density at radius 3 is 2.62 bits per heavy atom. The van der Waals surface area contributed by atoms with Crippen LogP contribution in [0.15, 0.2) is 0 Å². The van der Waals surface area contributed by atoms with Crippen LogP contribution in [0, 0.1) is 0 Å². The van der Waals surface area contributed by atoms with Gasteiger partial charge in [-0.05, 0) is 13.3 Å². The van der Waals surface area contributed by atoms with E-state index in [1.54, 1.807) is 4.90 Å².